The molecule has 132 valence electrons. The molecule has 0 saturated heterocycles. The minimum Gasteiger partial charge on any atom is -0.452 e. The maximum absolute atomic E-state index is 11.9. The van der Waals surface area contributed by atoms with Gasteiger partial charge >= 0.3 is 5.97 Å². The summed E-state index contributed by atoms with van der Waals surface area (Å²) in [5.41, 5.74) is 2.14. The zero-order valence-electron chi connectivity index (χ0n) is 14.0. The molecule has 1 N–H and O–H groups in total. The molecule has 0 aromatic heterocycles. The summed E-state index contributed by atoms with van der Waals surface area (Å²) in [6, 6.07) is 13.2. The van der Waals surface area contributed by atoms with Crippen LogP contribution in [0.3, 0.4) is 0 Å². The molecule has 0 unspecified atom stereocenters. The van der Waals surface area contributed by atoms with E-state index in [4.69, 9.17) is 4.74 Å². The molecule has 0 fully saturated rings. The van der Waals surface area contributed by atoms with E-state index in [9.17, 15) is 18.0 Å². The normalized spacial score (nSPS) is 11.0. The molecule has 0 aliphatic carbocycles. The van der Waals surface area contributed by atoms with E-state index in [0.29, 0.717) is 6.54 Å². The number of benzene rings is 2. The largest absolute Gasteiger partial charge is 0.452 e. The number of sulfone groups is 1. The fourth-order valence-electron chi connectivity index (χ4n) is 2.03. The Morgan fingerprint density at radius 3 is 2.40 bits per heavy atom. The zero-order chi connectivity index (χ0) is 18.4. The molecule has 0 spiro atoms. The van der Waals surface area contributed by atoms with Crippen LogP contribution < -0.4 is 5.32 Å². The van der Waals surface area contributed by atoms with Crippen molar-refractivity contribution in [2.75, 3.05) is 12.9 Å². The topological polar surface area (TPSA) is 89.5 Å². The molecule has 0 radical (unpaired) electrons. The van der Waals surface area contributed by atoms with E-state index in [1.807, 2.05) is 31.2 Å². The monoisotopic (exact) mass is 361 g/mol. The van der Waals surface area contributed by atoms with Gasteiger partial charge in [-0.15, -0.1) is 0 Å². The minimum atomic E-state index is -3.42. The third kappa shape index (κ3) is 5.72. The summed E-state index contributed by atoms with van der Waals surface area (Å²) in [6.45, 7) is 1.87. The van der Waals surface area contributed by atoms with Crippen LogP contribution in [0.5, 0.6) is 0 Å². The number of amides is 1. The molecule has 0 aliphatic rings. The smallest absolute Gasteiger partial charge is 0.338 e. The van der Waals surface area contributed by atoms with Gasteiger partial charge in [0.1, 0.15) is 0 Å². The molecule has 0 aliphatic heterocycles. The van der Waals surface area contributed by atoms with E-state index < -0.39 is 28.3 Å². The highest BCUT2D eigenvalue weighted by molar-refractivity contribution is 7.90. The Balaban J connectivity index is 1.87. The quantitative estimate of drug-likeness (QED) is 0.794. The van der Waals surface area contributed by atoms with E-state index in [1.54, 1.807) is 0 Å². The lowest BCUT2D eigenvalue weighted by atomic mass is 10.1. The second-order valence-electron chi connectivity index (χ2n) is 5.64. The fraction of sp³-hybridized carbons (Fsp3) is 0.222. The molecule has 0 heterocycles. The molecule has 2 aromatic carbocycles. The van der Waals surface area contributed by atoms with Crippen molar-refractivity contribution in [1.29, 1.82) is 0 Å². The summed E-state index contributed by atoms with van der Waals surface area (Å²) < 4.78 is 27.9. The molecule has 0 bridgehead atoms. The summed E-state index contributed by atoms with van der Waals surface area (Å²) in [5, 5.41) is 2.65. The second kappa shape index (κ2) is 7.94. The fourth-order valence-corrected chi connectivity index (χ4v) is 2.69. The number of carbonyl (C=O) groups is 2. The van der Waals surface area contributed by atoms with E-state index in [-0.39, 0.29) is 10.5 Å². The Kier molecular flexibility index (Phi) is 5.93. The molecule has 1 amide bonds. The highest BCUT2D eigenvalue weighted by atomic mass is 32.2. The Morgan fingerprint density at radius 2 is 1.76 bits per heavy atom. The van der Waals surface area contributed by atoms with Crippen LogP contribution in [0.15, 0.2) is 53.4 Å². The number of hydrogen-bond donors (Lipinski definition) is 1. The van der Waals surface area contributed by atoms with E-state index in [2.05, 4.69) is 5.32 Å². The SMILES string of the molecule is Cc1ccc(CNC(=O)COC(=O)c2cccc(S(C)(=O)=O)c2)cc1. The van der Waals surface area contributed by atoms with E-state index in [1.165, 1.54) is 24.3 Å². The molecule has 2 aromatic rings. The van der Waals surface area contributed by atoms with Gasteiger partial charge < -0.3 is 10.1 Å². The van der Waals surface area contributed by atoms with Crippen LogP contribution in [0.2, 0.25) is 0 Å². The highest BCUT2D eigenvalue weighted by Gasteiger charge is 2.14. The van der Waals surface area contributed by atoms with Crippen molar-refractivity contribution >= 4 is 21.7 Å². The van der Waals surface area contributed by atoms with Gasteiger partial charge in [0, 0.05) is 12.8 Å². The summed E-state index contributed by atoms with van der Waals surface area (Å²) in [7, 11) is -3.42. The van der Waals surface area contributed by atoms with Crippen molar-refractivity contribution in [3.05, 3.63) is 65.2 Å². The van der Waals surface area contributed by atoms with E-state index in [0.717, 1.165) is 17.4 Å². The molecule has 2 rings (SSSR count). The minimum absolute atomic E-state index is 0.0192. The van der Waals surface area contributed by atoms with Crippen LogP contribution in [0.4, 0.5) is 0 Å². The lowest BCUT2D eigenvalue weighted by Gasteiger charge is -2.08. The molecule has 0 atom stereocenters. The summed E-state index contributed by atoms with van der Waals surface area (Å²) in [5.74, 6) is -1.19. The van der Waals surface area contributed by atoms with Crippen LogP contribution in [0, 0.1) is 6.92 Å². The van der Waals surface area contributed by atoms with Gasteiger partial charge in [0.25, 0.3) is 5.91 Å². The van der Waals surface area contributed by atoms with Gasteiger partial charge in [0.15, 0.2) is 16.4 Å². The molecule has 25 heavy (non-hydrogen) atoms. The van der Waals surface area contributed by atoms with Crippen LogP contribution in [-0.2, 0) is 25.9 Å². The van der Waals surface area contributed by atoms with Gasteiger partial charge in [-0.2, -0.15) is 0 Å². The molecule has 7 heteroatoms. The highest BCUT2D eigenvalue weighted by Crippen LogP contribution is 2.12. The van der Waals surface area contributed by atoms with Crippen molar-refractivity contribution in [2.45, 2.75) is 18.4 Å². The van der Waals surface area contributed by atoms with Gasteiger partial charge in [0.2, 0.25) is 0 Å². The average Bonchev–Trinajstić information content (AvgIpc) is 2.58. The van der Waals surface area contributed by atoms with Gasteiger partial charge in [0.05, 0.1) is 10.5 Å². The van der Waals surface area contributed by atoms with Gasteiger partial charge in [-0.1, -0.05) is 35.9 Å². The lowest BCUT2D eigenvalue weighted by Crippen LogP contribution is -2.28. The molecule has 0 saturated carbocycles. The first-order valence-electron chi connectivity index (χ1n) is 7.55. The molecular weight excluding hydrogens is 342 g/mol. The van der Waals surface area contributed by atoms with Crippen molar-refractivity contribution in [3.63, 3.8) is 0 Å². The Labute approximate surface area is 146 Å². The van der Waals surface area contributed by atoms with Crippen molar-refractivity contribution in [3.8, 4) is 0 Å². The first-order valence-corrected chi connectivity index (χ1v) is 9.44. The van der Waals surface area contributed by atoms with Crippen LogP contribution in [0.1, 0.15) is 21.5 Å². The number of esters is 1. The van der Waals surface area contributed by atoms with Crippen molar-refractivity contribution in [1.82, 2.24) is 5.32 Å². The number of carbonyl (C=O) groups excluding carboxylic acids is 2. The van der Waals surface area contributed by atoms with Crippen molar-refractivity contribution in [2.24, 2.45) is 0 Å². The van der Waals surface area contributed by atoms with Crippen LogP contribution in [0.25, 0.3) is 0 Å². The van der Waals surface area contributed by atoms with Crippen LogP contribution in [-0.4, -0.2) is 33.2 Å². The lowest BCUT2D eigenvalue weighted by molar-refractivity contribution is -0.124. The summed E-state index contributed by atoms with van der Waals surface area (Å²) >= 11 is 0. The predicted molar refractivity (Wildman–Crippen MR) is 92.9 cm³/mol. The Hall–Kier alpha value is -2.67. The average molecular weight is 361 g/mol. The first kappa shape index (κ1) is 18.7. The maximum atomic E-state index is 11.9. The first-order chi connectivity index (χ1) is 11.8. The van der Waals surface area contributed by atoms with E-state index >= 15 is 0 Å². The van der Waals surface area contributed by atoms with Crippen molar-refractivity contribution < 1.29 is 22.7 Å². The Morgan fingerprint density at radius 1 is 1.08 bits per heavy atom. The summed E-state index contributed by atoms with van der Waals surface area (Å²) in [4.78, 5) is 23.7. The summed E-state index contributed by atoms with van der Waals surface area (Å²) in [6.07, 6.45) is 1.05. The zero-order valence-corrected chi connectivity index (χ0v) is 14.8. The number of rotatable bonds is 6. The molecular formula is C18H19NO5S. The Bertz CT molecular complexity index is 873. The third-order valence-corrected chi connectivity index (χ3v) is 4.55. The second-order valence-corrected chi connectivity index (χ2v) is 7.65. The predicted octanol–water partition coefficient (Wildman–Crippen LogP) is 1.87. The number of aryl methyl sites for hydroxylation is 1. The van der Waals surface area contributed by atoms with Crippen LogP contribution >= 0.6 is 0 Å². The van der Waals surface area contributed by atoms with Gasteiger partial charge in [-0.25, -0.2) is 13.2 Å². The molecule has 6 nitrogen and oxygen atoms in total. The number of hydrogen-bond acceptors (Lipinski definition) is 5. The van der Waals surface area contributed by atoms with Gasteiger partial charge in [-0.3, -0.25) is 4.79 Å². The number of nitrogens with one attached hydrogen (secondary N) is 1. The van der Waals surface area contributed by atoms with Gasteiger partial charge in [-0.05, 0) is 30.7 Å². The third-order valence-electron chi connectivity index (χ3n) is 3.44. The number of ether oxygens (including phenoxy) is 1. The maximum Gasteiger partial charge on any atom is 0.338 e. The standard InChI is InChI=1S/C18H19NO5S/c1-13-6-8-14(9-7-13)11-19-17(20)12-24-18(21)15-4-3-5-16(10-15)25(2,22)23/h3-10H,11-12H2,1-2H3,(H,19,20).